The van der Waals surface area contributed by atoms with Crippen molar-refractivity contribution in [1.82, 2.24) is 5.32 Å². The minimum absolute atomic E-state index is 0.00277. The standard InChI is InChI=1S/C14H20N2O5/c1-14(2,3)21-13(20)16-9-4-5-11(18)10(8-9)12(19)15-6-7-17/h4-5,8,17-18H,6-7H2,1-3H3,(H,15,19)(H,16,20). The van der Waals surface area contributed by atoms with Crippen molar-refractivity contribution in [2.75, 3.05) is 18.5 Å². The Balaban J connectivity index is 2.82. The quantitative estimate of drug-likeness (QED) is 0.629. The van der Waals surface area contributed by atoms with Crippen LogP contribution in [0.25, 0.3) is 0 Å². The molecule has 7 heteroatoms. The number of aromatic hydroxyl groups is 1. The first kappa shape index (κ1) is 16.8. The van der Waals surface area contributed by atoms with Gasteiger partial charge in [-0.05, 0) is 39.0 Å². The lowest BCUT2D eigenvalue weighted by atomic mass is 10.1. The lowest BCUT2D eigenvalue weighted by Crippen LogP contribution is -2.28. The average Bonchev–Trinajstić information content (AvgIpc) is 2.36. The highest BCUT2D eigenvalue weighted by Gasteiger charge is 2.17. The second-order valence-corrected chi connectivity index (χ2v) is 5.34. The van der Waals surface area contributed by atoms with Gasteiger partial charge in [0.05, 0.1) is 12.2 Å². The molecule has 0 fully saturated rings. The predicted molar refractivity (Wildman–Crippen MR) is 77.4 cm³/mol. The fraction of sp³-hybridized carbons (Fsp3) is 0.429. The summed E-state index contributed by atoms with van der Waals surface area (Å²) in [6.45, 7) is 5.07. The number of phenolic OH excluding ortho intramolecular Hbond substituents is 1. The Hall–Kier alpha value is -2.28. The number of nitrogens with one attached hydrogen (secondary N) is 2. The van der Waals surface area contributed by atoms with E-state index < -0.39 is 17.6 Å². The van der Waals surface area contributed by atoms with Gasteiger partial charge in [0.15, 0.2) is 0 Å². The molecule has 0 saturated heterocycles. The Morgan fingerprint density at radius 2 is 1.95 bits per heavy atom. The molecule has 0 aliphatic carbocycles. The zero-order chi connectivity index (χ0) is 16.0. The summed E-state index contributed by atoms with van der Waals surface area (Å²) in [5.41, 5.74) is -0.323. The number of amides is 2. The largest absolute Gasteiger partial charge is 0.507 e. The summed E-state index contributed by atoms with van der Waals surface area (Å²) in [6, 6.07) is 4.06. The van der Waals surface area contributed by atoms with Crippen LogP contribution >= 0.6 is 0 Å². The van der Waals surface area contributed by atoms with E-state index in [0.717, 1.165) is 0 Å². The van der Waals surface area contributed by atoms with Crippen LogP contribution in [0, 0.1) is 0 Å². The maximum atomic E-state index is 11.8. The van der Waals surface area contributed by atoms with Crippen LogP contribution in [0.1, 0.15) is 31.1 Å². The number of rotatable bonds is 4. The van der Waals surface area contributed by atoms with Gasteiger partial charge >= 0.3 is 6.09 Å². The van der Waals surface area contributed by atoms with Crippen LogP contribution in [0.15, 0.2) is 18.2 Å². The summed E-state index contributed by atoms with van der Waals surface area (Å²) < 4.78 is 5.09. The molecule has 4 N–H and O–H groups in total. The molecule has 0 bridgehead atoms. The number of aliphatic hydroxyl groups excluding tert-OH is 1. The number of hydrogen-bond acceptors (Lipinski definition) is 5. The number of carbonyl (C=O) groups is 2. The Bertz CT molecular complexity index is 523. The Morgan fingerprint density at radius 3 is 2.52 bits per heavy atom. The van der Waals surface area contributed by atoms with Crippen molar-refractivity contribution < 1.29 is 24.5 Å². The molecule has 0 saturated carbocycles. The first-order valence-electron chi connectivity index (χ1n) is 6.45. The van der Waals surface area contributed by atoms with E-state index >= 15 is 0 Å². The number of carbonyl (C=O) groups excluding carboxylic acids is 2. The number of aliphatic hydroxyl groups is 1. The van der Waals surface area contributed by atoms with Gasteiger partial charge in [-0.15, -0.1) is 0 Å². The highest BCUT2D eigenvalue weighted by molar-refractivity contribution is 5.98. The lowest BCUT2D eigenvalue weighted by Gasteiger charge is -2.19. The second kappa shape index (κ2) is 6.94. The molecule has 0 radical (unpaired) electrons. The minimum Gasteiger partial charge on any atom is -0.507 e. The van der Waals surface area contributed by atoms with Crippen LogP contribution in [0.3, 0.4) is 0 Å². The monoisotopic (exact) mass is 296 g/mol. The lowest BCUT2D eigenvalue weighted by molar-refractivity contribution is 0.0635. The molecule has 0 aliphatic rings. The average molecular weight is 296 g/mol. The van der Waals surface area contributed by atoms with Gasteiger partial charge in [0, 0.05) is 12.2 Å². The summed E-state index contributed by atoms with van der Waals surface area (Å²) in [4.78, 5) is 23.4. The molecular weight excluding hydrogens is 276 g/mol. The number of benzene rings is 1. The van der Waals surface area contributed by atoms with E-state index in [0.29, 0.717) is 5.69 Å². The molecule has 0 aliphatic heterocycles. The van der Waals surface area contributed by atoms with Crippen molar-refractivity contribution in [2.45, 2.75) is 26.4 Å². The van der Waals surface area contributed by atoms with E-state index in [1.54, 1.807) is 20.8 Å². The van der Waals surface area contributed by atoms with Crippen molar-refractivity contribution in [3.8, 4) is 5.75 Å². The van der Waals surface area contributed by atoms with Crippen molar-refractivity contribution in [2.24, 2.45) is 0 Å². The van der Waals surface area contributed by atoms with Crippen LogP contribution in [0.2, 0.25) is 0 Å². The molecule has 0 spiro atoms. The number of anilines is 1. The summed E-state index contributed by atoms with van der Waals surface area (Å²) in [5.74, 6) is -0.769. The number of phenols is 1. The Morgan fingerprint density at radius 1 is 1.29 bits per heavy atom. The van der Waals surface area contributed by atoms with E-state index in [2.05, 4.69) is 10.6 Å². The second-order valence-electron chi connectivity index (χ2n) is 5.34. The number of hydrogen-bond donors (Lipinski definition) is 4. The van der Waals surface area contributed by atoms with E-state index in [1.165, 1.54) is 18.2 Å². The van der Waals surface area contributed by atoms with Gasteiger partial charge in [-0.2, -0.15) is 0 Å². The topological polar surface area (TPSA) is 108 Å². The van der Waals surface area contributed by atoms with E-state index in [1.807, 2.05) is 0 Å². The third-order valence-corrected chi connectivity index (χ3v) is 2.28. The molecule has 0 aromatic heterocycles. The van der Waals surface area contributed by atoms with E-state index in [9.17, 15) is 14.7 Å². The SMILES string of the molecule is CC(C)(C)OC(=O)Nc1ccc(O)c(C(=O)NCCO)c1. The Kier molecular flexibility index (Phi) is 5.54. The van der Waals surface area contributed by atoms with Gasteiger partial charge in [0.1, 0.15) is 11.4 Å². The van der Waals surface area contributed by atoms with Crippen LogP contribution in [-0.4, -0.2) is 41.0 Å². The van der Waals surface area contributed by atoms with E-state index in [4.69, 9.17) is 9.84 Å². The molecule has 21 heavy (non-hydrogen) atoms. The van der Waals surface area contributed by atoms with Gasteiger partial charge in [0.25, 0.3) is 5.91 Å². The molecule has 0 atom stereocenters. The summed E-state index contributed by atoms with van der Waals surface area (Å²) in [6.07, 6.45) is -0.657. The maximum Gasteiger partial charge on any atom is 0.412 e. The van der Waals surface area contributed by atoms with Crippen molar-refractivity contribution in [3.05, 3.63) is 23.8 Å². The van der Waals surface area contributed by atoms with Gasteiger partial charge in [0.2, 0.25) is 0 Å². The van der Waals surface area contributed by atoms with Crippen LogP contribution in [0.4, 0.5) is 10.5 Å². The third kappa shape index (κ3) is 5.70. The molecule has 2 amide bonds. The fourth-order valence-electron chi connectivity index (χ4n) is 1.48. The zero-order valence-corrected chi connectivity index (χ0v) is 12.3. The van der Waals surface area contributed by atoms with Crippen molar-refractivity contribution in [3.63, 3.8) is 0 Å². The molecule has 0 unspecified atom stereocenters. The minimum atomic E-state index is -0.657. The van der Waals surface area contributed by atoms with Gasteiger partial charge in [-0.1, -0.05) is 0 Å². The van der Waals surface area contributed by atoms with Gasteiger partial charge in [-0.3, -0.25) is 10.1 Å². The van der Waals surface area contributed by atoms with Crippen molar-refractivity contribution in [1.29, 1.82) is 0 Å². The zero-order valence-electron chi connectivity index (χ0n) is 12.3. The van der Waals surface area contributed by atoms with Crippen LogP contribution in [0.5, 0.6) is 5.75 Å². The van der Waals surface area contributed by atoms with Crippen LogP contribution in [-0.2, 0) is 4.74 Å². The maximum absolute atomic E-state index is 11.8. The third-order valence-electron chi connectivity index (χ3n) is 2.28. The number of ether oxygens (including phenoxy) is 1. The van der Waals surface area contributed by atoms with E-state index in [-0.39, 0.29) is 24.5 Å². The smallest absolute Gasteiger partial charge is 0.412 e. The molecule has 116 valence electrons. The molecule has 7 nitrogen and oxygen atoms in total. The Labute approximate surface area is 122 Å². The fourth-order valence-corrected chi connectivity index (χ4v) is 1.48. The normalized spacial score (nSPS) is 10.9. The van der Waals surface area contributed by atoms with Gasteiger partial charge < -0.3 is 20.3 Å². The summed E-state index contributed by atoms with van der Waals surface area (Å²) in [5, 5.41) is 23.2. The van der Waals surface area contributed by atoms with Gasteiger partial charge in [-0.25, -0.2) is 4.79 Å². The predicted octanol–water partition coefficient (Wildman–Crippen LogP) is 1.46. The molecule has 1 rings (SSSR count). The summed E-state index contributed by atoms with van der Waals surface area (Å²) >= 11 is 0. The summed E-state index contributed by atoms with van der Waals surface area (Å²) in [7, 11) is 0. The highest BCUT2D eigenvalue weighted by Crippen LogP contribution is 2.22. The molecule has 0 heterocycles. The first-order valence-corrected chi connectivity index (χ1v) is 6.45. The molecule has 1 aromatic carbocycles. The highest BCUT2D eigenvalue weighted by atomic mass is 16.6. The van der Waals surface area contributed by atoms with Crippen molar-refractivity contribution >= 4 is 17.7 Å². The molecule has 1 aromatic rings. The van der Waals surface area contributed by atoms with Crippen LogP contribution < -0.4 is 10.6 Å². The first-order chi connectivity index (χ1) is 9.73. The molecular formula is C14H20N2O5.